The number of amides is 1. The summed E-state index contributed by atoms with van der Waals surface area (Å²) in [7, 11) is 0. The number of nitrogens with zero attached hydrogens (tertiary/aromatic N) is 4. The van der Waals surface area contributed by atoms with Crippen molar-refractivity contribution < 1.29 is 13.9 Å². The summed E-state index contributed by atoms with van der Waals surface area (Å²) in [5.41, 5.74) is 2.53. The highest BCUT2D eigenvalue weighted by molar-refractivity contribution is 6.06. The summed E-state index contributed by atoms with van der Waals surface area (Å²) in [6.07, 6.45) is 5.07. The fourth-order valence-electron chi connectivity index (χ4n) is 3.04. The minimum atomic E-state index is -0.431. The topological polar surface area (TPSA) is 71.8 Å². The number of morpholine rings is 1. The van der Waals surface area contributed by atoms with Gasteiger partial charge >= 0.3 is 0 Å². The molecule has 0 bridgehead atoms. The number of carbonyl (C=O) groups is 1. The Hall–Kier alpha value is -3.00. The van der Waals surface area contributed by atoms with E-state index in [9.17, 15) is 9.18 Å². The number of imidazole rings is 1. The Balaban J connectivity index is 1.61. The molecule has 8 heteroatoms. The quantitative estimate of drug-likeness (QED) is 0.780. The van der Waals surface area contributed by atoms with E-state index in [1.807, 2.05) is 18.0 Å². The number of nitrogens with one attached hydrogen (secondary N) is 1. The minimum absolute atomic E-state index is 0.192. The maximum absolute atomic E-state index is 14.1. The van der Waals surface area contributed by atoms with Gasteiger partial charge < -0.3 is 19.4 Å². The number of halogens is 1. The molecule has 4 rings (SSSR count). The molecule has 26 heavy (non-hydrogen) atoms. The molecule has 3 heterocycles. The van der Waals surface area contributed by atoms with E-state index in [4.69, 9.17) is 4.74 Å². The first-order chi connectivity index (χ1) is 12.6. The predicted molar refractivity (Wildman–Crippen MR) is 95.1 cm³/mol. The third kappa shape index (κ3) is 3.23. The number of aryl methyl sites for hydroxylation is 1. The highest BCUT2D eigenvalue weighted by Crippen LogP contribution is 2.23. The number of carbonyl (C=O) groups excluding carboxylic acids is 1. The van der Waals surface area contributed by atoms with Gasteiger partial charge in [0.05, 0.1) is 18.9 Å². The first kappa shape index (κ1) is 16.5. The molecule has 1 N–H and O–H groups in total. The zero-order valence-corrected chi connectivity index (χ0v) is 14.3. The summed E-state index contributed by atoms with van der Waals surface area (Å²) in [6.45, 7) is 4.42. The van der Waals surface area contributed by atoms with Gasteiger partial charge in [-0.15, -0.1) is 0 Å². The fourth-order valence-corrected chi connectivity index (χ4v) is 3.04. The van der Waals surface area contributed by atoms with Crippen molar-refractivity contribution in [2.45, 2.75) is 6.92 Å². The maximum atomic E-state index is 14.1. The van der Waals surface area contributed by atoms with Gasteiger partial charge in [-0.05, 0) is 25.1 Å². The van der Waals surface area contributed by atoms with E-state index in [0.717, 1.165) is 5.69 Å². The van der Waals surface area contributed by atoms with E-state index in [2.05, 4.69) is 15.3 Å². The average Bonchev–Trinajstić information content (AvgIpc) is 3.02. The monoisotopic (exact) mass is 355 g/mol. The SMILES string of the molecule is Cc1cn2ccnc(C(=O)Nc3cc(F)cc(N4CCOCC4)c3)c2n1. The molecule has 134 valence electrons. The Morgan fingerprint density at radius 2 is 2.08 bits per heavy atom. The number of rotatable bonds is 3. The lowest BCUT2D eigenvalue weighted by atomic mass is 10.2. The van der Waals surface area contributed by atoms with E-state index >= 15 is 0 Å². The lowest BCUT2D eigenvalue weighted by Crippen LogP contribution is -2.36. The first-order valence-electron chi connectivity index (χ1n) is 8.35. The van der Waals surface area contributed by atoms with E-state index in [0.29, 0.717) is 43.3 Å². The molecule has 1 saturated heterocycles. The Bertz CT molecular complexity index is 965. The van der Waals surface area contributed by atoms with Crippen molar-refractivity contribution in [1.82, 2.24) is 14.4 Å². The van der Waals surface area contributed by atoms with E-state index in [1.165, 1.54) is 18.3 Å². The Morgan fingerprint density at radius 3 is 2.88 bits per heavy atom. The van der Waals surface area contributed by atoms with Crippen LogP contribution in [0.15, 0.2) is 36.8 Å². The second kappa shape index (κ2) is 6.72. The Kier molecular flexibility index (Phi) is 4.26. The molecule has 1 aliphatic rings. The van der Waals surface area contributed by atoms with Crippen LogP contribution < -0.4 is 10.2 Å². The van der Waals surface area contributed by atoms with Crippen molar-refractivity contribution in [3.63, 3.8) is 0 Å². The van der Waals surface area contributed by atoms with Crippen LogP contribution >= 0.6 is 0 Å². The second-order valence-electron chi connectivity index (χ2n) is 6.14. The van der Waals surface area contributed by atoms with E-state index in [-0.39, 0.29) is 5.69 Å². The van der Waals surface area contributed by atoms with Crippen LogP contribution in [0.2, 0.25) is 0 Å². The highest BCUT2D eigenvalue weighted by atomic mass is 19.1. The van der Waals surface area contributed by atoms with Crippen molar-refractivity contribution in [2.24, 2.45) is 0 Å². The summed E-state index contributed by atoms with van der Waals surface area (Å²) >= 11 is 0. The lowest BCUT2D eigenvalue weighted by molar-refractivity contribution is 0.102. The third-order valence-corrected chi connectivity index (χ3v) is 4.23. The van der Waals surface area contributed by atoms with Crippen LogP contribution in [0, 0.1) is 12.7 Å². The summed E-state index contributed by atoms with van der Waals surface area (Å²) < 4.78 is 21.1. The Morgan fingerprint density at radius 1 is 1.27 bits per heavy atom. The second-order valence-corrected chi connectivity index (χ2v) is 6.14. The van der Waals surface area contributed by atoms with Gasteiger partial charge in [0.2, 0.25) is 0 Å². The molecule has 1 aromatic carbocycles. The molecule has 0 radical (unpaired) electrons. The zero-order valence-electron chi connectivity index (χ0n) is 14.3. The highest BCUT2D eigenvalue weighted by Gasteiger charge is 2.17. The van der Waals surface area contributed by atoms with Gasteiger partial charge in [-0.25, -0.2) is 14.4 Å². The largest absolute Gasteiger partial charge is 0.378 e. The third-order valence-electron chi connectivity index (χ3n) is 4.23. The molecule has 0 spiro atoms. The van der Waals surface area contributed by atoms with Crippen molar-refractivity contribution in [3.05, 3.63) is 54.0 Å². The number of benzene rings is 1. The minimum Gasteiger partial charge on any atom is -0.378 e. The number of hydrogen-bond donors (Lipinski definition) is 1. The molecule has 1 amide bonds. The van der Waals surface area contributed by atoms with Crippen LogP contribution in [0.5, 0.6) is 0 Å². The molecule has 1 fully saturated rings. The average molecular weight is 355 g/mol. The zero-order chi connectivity index (χ0) is 18.1. The van der Waals surface area contributed by atoms with Crippen LogP contribution in [0.25, 0.3) is 5.65 Å². The molecule has 7 nitrogen and oxygen atoms in total. The molecule has 3 aromatic rings. The Labute approximate surface area is 149 Å². The van der Waals surface area contributed by atoms with Crippen molar-refractivity contribution >= 4 is 22.9 Å². The molecular weight excluding hydrogens is 337 g/mol. The first-order valence-corrected chi connectivity index (χ1v) is 8.35. The van der Waals surface area contributed by atoms with Crippen LogP contribution in [0.1, 0.15) is 16.2 Å². The molecular formula is C18H18FN5O2. The predicted octanol–water partition coefficient (Wildman–Crippen LogP) is 2.27. The number of ether oxygens (including phenoxy) is 1. The molecule has 0 unspecified atom stereocenters. The molecule has 0 atom stereocenters. The molecule has 2 aromatic heterocycles. The van der Waals surface area contributed by atoms with Crippen molar-refractivity contribution in [3.8, 4) is 0 Å². The summed E-state index contributed by atoms with van der Waals surface area (Å²) in [4.78, 5) is 23.1. The van der Waals surface area contributed by atoms with Gasteiger partial charge in [-0.1, -0.05) is 0 Å². The van der Waals surface area contributed by atoms with E-state index < -0.39 is 11.7 Å². The summed E-state index contributed by atoms with van der Waals surface area (Å²) in [5.74, 6) is -0.841. The van der Waals surface area contributed by atoms with Gasteiger partial charge in [-0.2, -0.15) is 0 Å². The van der Waals surface area contributed by atoms with Gasteiger partial charge in [0, 0.05) is 43.1 Å². The normalized spacial score (nSPS) is 14.6. The fraction of sp³-hybridized carbons (Fsp3) is 0.278. The summed E-state index contributed by atoms with van der Waals surface area (Å²) in [5, 5.41) is 2.73. The van der Waals surface area contributed by atoms with Crippen LogP contribution in [-0.4, -0.2) is 46.6 Å². The van der Waals surface area contributed by atoms with Gasteiger partial charge in [0.1, 0.15) is 5.82 Å². The number of hydrogen-bond acceptors (Lipinski definition) is 5. The van der Waals surface area contributed by atoms with Gasteiger partial charge in [-0.3, -0.25) is 4.79 Å². The van der Waals surface area contributed by atoms with Crippen LogP contribution in [0.4, 0.5) is 15.8 Å². The standard InChI is InChI=1S/C18H18FN5O2/c1-12-11-24-3-2-20-16(17(24)21-12)18(25)22-14-8-13(19)9-15(10-14)23-4-6-26-7-5-23/h2-3,8-11H,4-7H2,1H3,(H,22,25). The molecule has 0 saturated carbocycles. The number of anilines is 2. The number of aromatic nitrogens is 3. The number of fused-ring (bicyclic) bond motifs is 1. The van der Waals surface area contributed by atoms with Crippen molar-refractivity contribution in [2.75, 3.05) is 36.5 Å². The van der Waals surface area contributed by atoms with E-state index in [1.54, 1.807) is 16.7 Å². The van der Waals surface area contributed by atoms with Crippen LogP contribution in [0.3, 0.4) is 0 Å². The maximum Gasteiger partial charge on any atom is 0.278 e. The van der Waals surface area contributed by atoms with Crippen LogP contribution in [-0.2, 0) is 4.74 Å². The smallest absolute Gasteiger partial charge is 0.278 e. The van der Waals surface area contributed by atoms with Gasteiger partial charge in [0.25, 0.3) is 5.91 Å². The lowest BCUT2D eigenvalue weighted by Gasteiger charge is -2.29. The summed E-state index contributed by atoms with van der Waals surface area (Å²) in [6, 6.07) is 4.50. The van der Waals surface area contributed by atoms with Crippen molar-refractivity contribution in [1.29, 1.82) is 0 Å². The van der Waals surface area contributed by atoms with Gasteiger partial charge in [0.15, 0.2) is 11.3 Å². The molecule has 1 aliphatic heterocycles. The molecule has 0 aliphatic carbocycles.